The van der Waals surface area contributed by atoms with Crippen LogP contribution in [-0.4, -0.2) is 47.9 Å². The first-order valence-corrected chi connectivity index (χ1v) is 12.1. The zero-order chi connectivity index (χ0) is 21.3. The van der Waals surface area contributed by atoms with Crippen molar-refractivity contribution in [1.29, 1.82) is 0 Å². The van der Waals surface area contributed by atoms with Crippen LogP contribution in [0.15, 0.2) is 24.3 Å². The van der Waals surface area contributed by atoms with E-state index in [4.69, 9.17) is 11.6 Å². The van der Waals surface area contributed by atoms with Gasteiger partial charge in [-0.15, -0.1) is 11.3 Å². The molecule has 1 aliphatic rings. The maximum Gasteiger partial charge on any atom is 0.265 e. The largest absolute Gasteiger partial charge is 0.349 e. The normalized spacial score (nSPS) is 13.8. The molecule has 9 heteroatoms. The maximum atomic E-state index is 12.9. The third-order valence-electron chi connectivity index (χ3n) is 5.19. The molecule has 30 heavy (non-hydrogen) atoms. The molecule has 1 saturated heterocycles. The Kier molecular flexibility index (Phi) is 6.26. The van der Waals surface area contributed by atoms with Crippen molar-refractivity contribution in [3.8, 4) is 0 Å². The quantitative estimate of drug-likeness (QED) is 0.536. The molecule has 2 amide bonds. The summed E-state index contributed by atoms with van der Waals surface area (Å²) in [4.78, 5) is 35.9. The average Bonchev–Trinajstić information content (AvgIpc) is 3.45. The number of halogens is 1. The van der Waals surface area contributed by atoms with Crippen LogP contribution < -0.4 is 10.2 Å². The summed E-state index contributed by atoms with van der Waals surface area (Å²) in [6.07, 6.45) is 2.02. The fourth-order valence-electron chi connectivity index (χ4n) is 3.55. The lowest BCUT2D eigenvalue weighted by molar-refractivity contribution is 0.0794. The van der Waals surface area contributed by atoms with Crippen LogP contribution in [-0.2, 0) is 0 Å². The van der Waals surface area contributed by atoms with Crippen molar-refractivity contribution >= 4 is 66.4 Å². The molecule has 3 heterocycles. The second-order valence-electron chi connectivity index (χ2n) is 7.09. The second-order valence-corrected chi connectivity index (χ2v) is 9.57. The molecule has 158 valence electrons. The first-order chi connectivity index (χ1) is 14.5. The zero-order valence-corrected chi connectivity index (χ0v) is 19.3. The lowest BCUT2D eigenvalue weighted by Gasteiger charge is -2.18. The van der Waals surface area contributed by atoms with Gasteiger partial charge in [0.2, 0.25) is 0 Å². The van der Waals surface area contributed by atoms with Crippen LogP contribution in [0.1, 0.15) is 46.7 Å². The third kappa shape index (κ3) is 4.17. The molecule has 1 fully saturated rings. The molecule has 1 aliphatic heterocycles. The van der Waals surface area contributed by atoms with Gasteiger partial charge < -0.3 is 15.1 Å². The van der Waals surface area contributed by atoms with Gasteiger partial charge in [0.15, 0.2) is 5.13 Å². The Morgan fingerprint density at radius 1 is 1.17 bits per heavy atom. The van der Waals surface area contributed by atoms with Crippen LogP contribution in [0.4, 0.5) is 10.8 Å². The Bertz CT molecular complexity index is 1050. The highest BCUT2D eigenvalue weighted by atomic mass is 35.5. The Morgan fingerprint density at radius 3 is 2.57 bits per heavy atom. The van der Waals surface area contributed by atoms with Crippen molar-refractivity contribution in [2.24, 2.45) is 0 Å². The summed E-state index contributed by atoms with van der Waals surface area (Å²) in [6, 6.07) is 6.87. The molecule has 2 aromatic heterocycles. The molecular formula is C21H23ClN4O2S2. The van der Waals surface area contributed by atoms with Crippen LogP contribution in [0, 0.1) is 0 Å². The first-order valence-electron chi connectivity index (χ1n) is 10.1. The summed E-state index contributed by atoms with van der Waals surface area (Å²) in [6.45, 7) is 7.49. The highest BCUT2D eigenvalue weighted by Gasteiger charge is 2.24. The minimum absolute atomic E-state index is 0.0721. The summed E-state index contributed by atoms with van der Waals surface area (Å²) >= 11 is 9.09. The van der Waals surface area contributed by atoms with Crippen molar-refractivity contribution in [3.05, 3.63) is 39.7 Å². The predicted molar refractivity (Wildman–Crippen MR) is 126 cm³/mol. The number of likely N-dealkylation sites (tertiary alicyclic amines) is 1. The van der Waals surface area contributed by atoms with Crippen molar-refractivity contribution < 1.29 is 9.59 Å². The minimum Gasteiger partial charge on any atom is -0.349 e. The second kappa shape index (κ2) is 8.91. The molecule has 0 atom stereocenters. The third-order valence-corrected chi connectivity index (χ3v) is 7.64. The molecule has 1 aromatic carbocycles. The number of aromatic nitrogens is 1. The molecule has 0 unspecified atom stereocenters. The van der Waals surface area contributed by atoms with E-state index in [0.717, 1.165) is 53.7 Å². The van der Waals surface area contributed by atoms with Crippen LogP contribution in [0.5, 0.6) is 0 Å². The predicted octanol–water partition coefficient (Wildman–Crippen LogP) is 5.35. The van der Waals surface area contributed by atoms with Crippen molar-refractivity contribution in [2.75, 3.05) is 36.4 Å². The van der Waals surface area contributed by atoms with Gasteiger partial charge in [0.1, 0.15) is 4.83 Å². The van der Waals surface area contributed by atoms with E-state index in [0.29, 0.717) is 21.2 Å². The first kappa shape index (κ1) is 21.1. The average molecular weight is 463 g/mol. The van der Waals surface area contributed by atoms with E-state index in [-0.39, 0.29) is 11.8 Å². The van der Waals surface area contributed by atoms with Gasteiger partial charge in [-0.05, 0) is 51.0 Å². The summed E-state index contributed by atoms with van der Waals surface area (Å²) in [5.41, 5.74) is 0.910. The number of fused-ring (bicyclic) bond motifs is 1. The van der Waals surface area contributed by atoms with E-state index in [2.05, 4.69) is 29.0 Å². The van der Waals surface area contributed by atoms with Gasteiger partial charge in [-0.25, -0.2) is 4.98 Å². The van der Waals surface area contributed by atoms with Gasteiger partial charge in [0, 0.05) is 31.2 Å². The fourth-order valence-corrected chi connectivity index (χ4v) is 5.95. The molecule has 0 aliphatic carbocycles. The highest BCUT2D eigenvalue weighted by Crippen LogP contribution is 2.35. The van der Waals surface area contributed by atoms with E-state index in [1.807, 2.05) is 11.0 Å². The van der Waals surface area contributed by atoms with Gasteiger partial charge in [0.05, 0.1) is 20.8 Å². The lowest BCUT2D eigenvalue weighted by atomic mass is 10.1. The Balaban J connectivity index is 1.57. The smallest absolute Gasteiger partial charge is 0.265 e. The maximum absolute atomic E-state index is 12.9. The molecule has 0 bridgehead atoms. The number of anilines is 2. The SMILES string of the molecule is CCN(CC)c1nc2sc(C(=O)Nc3cc(Cl)ccc3C(=O)N3CCCC3)cc2s1. The fraction of sp³-hybridized carbons (Fsp3) is 0.381. The van der Waals surface area contributed by atoms with Crippen LogP contribution >= 0.6 is 34.3 Å². The summed E-state index contributed by atoms with van der Waals surface area (Å²) < 4.78 is 0.992. The van der Waals surface area contributed by atoms with E-state index >= 15 is 0 Å². The van der Waals surface area contributed by atoms with Crippen molar-refractivity contribution in [1.82, 2.24) is 9.88 Å². The number of hydrogen-bond donors (Lipinski definition) is 1. The number of hydrogen-bond acceptors (Lipinski definition) is 6. The summed E-state index contributed by atoms with van der Waals surface area (Å²) in [7, 11) is 0. The Morgan fingerprint density at radius 2 is 1.90 bits per heavy atom. The Labute approximate surface area is 188 Å². The topological polar surface area (TPSA) is 65.5 Å². The number of benzene rings is 1. The van der Waals surface area contributed by atoms with E-state index in [1.165, 1.54) is 11.3 Å². The van der Waals surface area contributed by atoms with Gasteiger partial charge in [-0.1, -0.05) is 22.9 Å². The molecule has 6 nitrogen and oxygen atoms in total. The molecule has 0 spiro atoms. The van der Waals surface area contributed by atoms with Crippen LogP contribution in [0.25, 0.3) is 9.53 Å². The van der Waals surface area contributed by atoms with Crippen LogP contribution in [0.2, 0.25) is 5.02 Å². The minimum atomic E-state index is -0.257. The standard InChI is InChI=1S/C21H23ClN4O2S2/c1-3-25(4-2)21-24-19-17(30-21)12-16(29-19)18(27)23-15-11-13(22)7-8-14(15)20(28)26-9-5-6-10-26/h7-8,11-12H,3-6,9-10H2,1-2H3,(H,23,27). The van der Waals surface area contributed by atoms with Gasteiger partial charge in [-0.2, -0.15) is 0 Å². The van der Waals surface area contributed by atoms with Gasteiger partial charge in [-0.3, -0.25) is 9.59 Å². The highest BCUT2D eigenvalue weighted by molar-refractivity contribution is 7.29. The Hall–Kier alpha value is -2.16. The molecule has 3 aromatic rings. The number of rotatable bonds is 6. The van der Waals surface area contributed by atoms with Gasteiger partial charge in [0.25, 0.3) is 11.8 Å². The van der Waals surface area contributed by atoms with E-state index in [9.17, 15) is 9.59 Å². The van der Waals surface area contributed by atoms with Crippen molar-refractivity contribution in [2.45, 2.75) is 26.7 Å². The number of thiophene rings is 1. The number of amides is 2. The molecule has 0 radical (unpaired) electrons. The van der Waals surface area contributed by atoms with E-state index < -0.39 is 0 Å². The van der Waals surface area contributed by atoms with Crippen molar-refractivity contribution in [3.63, 3.8) is 0 Å². The van der Waals surface area contributed by atoms with E-state index in [1.54, 1.807) is 29.5 Å². The molecular weight excluding hydrogens is 440 g/mol. The zero-order valence-electron chi connectivity index (χ0n) is 16.9. The molecule has 0 saturated carbocycles. The number of nitrogens with one attached hydrogen (secondary N) is 1. The number of carbonyl (C=O) groups excluding carboxylic acids is 2. The van der Waals surface area contributed by atoms with Gasteiger partial charge >= 0.3 is 0 Å². The number of nitrogens with zero attached hydrogens (tertiary/aromatic N) is 3. The summed E-state index contributed by atoms with van der Waals surface area (Å²) in [5, 5.41) is 4.34. The lowest BCUT2D eigenvalue weighted by Crippen LogP contribution is -2.28. The van der Waals surface area contributed by atoms with Crippen LogP contribution in [0.3, 0.4) is 0 Å². The number of carbonyl (C=O) groups is 2. The number of thiazole rings is 1. The summed E-state index contributed by atoms with van der Waals surface area (Å²) in [5.74, 6) is -0.329. The monoisotopic (exact) mass is 462 g/mol. The molecule has 4 rings (SSSR count). The molecule has 1 N–H and O–H groups in total.